The Balaban J connectivity index is 2.52. The predicted molar refractivity (Wildman–Crippen MR) is 77.0 cm³/mol. The van der Waals surface area contributed by atoms with E-state index < -0.39 is 8.07 Å². The molecule has 0 saturated carbocycles. The molecule has 17 heavy (non-hydrogen) atoms. The van der Waals surface area contributed by atoms with Crippen LogP contribution in [0, 0.1) is 12.2 Å². The SMILES string of the molecule is CC1=[C]CC(C)=C1[Si](C)(C)C1=C(C)C[C]=C1C. The maximum atomic E-state index is 3.50. The molecule has 0 aromatic heterocycles. The van der Waals surface area contributed by atoms with Crippen LogP contribution in [-0.2, 0) is 0 Å². The van der Waals surface area contributed by atoms with Crippen molar-refractivity contribution in [3.05, 3.63) is 44.8 Å². The molecule has 0 fully saturated rings. The second kappa shape index (κ2) is 4.13. The maximum absolute atomic E-state index is 3.50. The fourth-order valence-electron chi connectivity index (χ4n) is 3.65. The Morgan fingerprint density at radius 1 is 0.765 bits per heavy atom. The highest BCUT2D eigenvalue weighted by atomic mass is 28.3. The highest BCUT2D eigenvalue weighted by Gasteiger charge is 2.37. The monoisotopic (exact) mass is 242 g/mol. The zero-order valence-corrected chi connectivity index (χ0v) is 12.9. The van der Waals surface area contributed by atoms with Gasteiger partial charge in [-0.3, -0.25) is 0 Å². The summed E-state index contributed by atoms with van der Waals surface area (Å²) in [5.74, 6) is 0. The quantitative estimate of drug-likeness (QED) is 0.615. The summed E-state index contributed by atoms with van der Waals surface area (Å²) in [6, 6.07) is 0. The van der Waals surface area contributed by atoms with Gasteiger partial charge >= 0.3 is 0 Å². The average molecular weight is 242 g/mol. The number of hydrogen-bond donors (Lipinski definition) is 0. The summed E-state index contributed by atoms with van der Waals surface area (Å²) in [4.78, 5) is 0. The van der Waals surface area contributed by atoms with E-state index in [9.17, 15) is 0 Å². The second-order valence-electron chi connectivity index (χ2n) is 5.89. The van der Waals surface area contributed by atoms with Gasteiger partial charge in [-0.1, -0.05) is 34.6 Å². The van der Waals surface area contributed by atoms with Crippen LogP contribution in [0.25, 0.3) is 0 Å². The molecule has 0 heterocycles. The van der Waals surface area contributed by atoms with Crippen molar-refractivity contribution in [2.75, 3.05) is 0 Å². The van der Waals surface area contributed by atoms with Crippen molar-refractivity contribution in [1.82, 2.24) is 0 Å². The van der Waals surface area contributed by atoms with Crippen LogP contribution in [0.5, 0.6) is 0 Å². The minimum Gasteiger partial charge on any atom is -0.0690 e. The average Bonchev–Trinajstić information content (AvgIpc) is 2.71. The van der Waals surface area contributed by atoms with Crippen molar-refractivity contribution < 1.29 is 0 Å². The third-order valence-corrected chi connectivity index (χ3v) is 8.19. The summed E-state index contributed by atoms with van der Waals surface area (Å²) in [5, 5.41) is 3.27. The molecule has 2 aliphatic carbocycles. The Morgan fingerprint density at radius 3 is 1.35 bits per heavy atom. The standard InChI is InChI=1S/C16H22Si/c1-11-7-8-12(2)15(11)17(5,6)16-13(3)9-10-14(16)4/h7,9H2,1-6H3. The van der Waals surface area contributed by atoms with Crippen molar-refractivity contribution in [3.8, 4) is 0 Å². The van der Waals surface area contributed by atoms with E-state index >= 15 is 0 Å². The third-order valence-electron chi connectivity index (χ3n) is 4.09. The predicted octanol–water partition coefficient (Wildman–Crippen LogP) is 4.71. The second-order valence-corrected chi connectivity index (χ2v) is 10.1. The van der Waals surface area contributed by atoms with E-state index in [1.807, 2.05) is 0 Å². The lowest BCUT2D eigenvalue weighted by Crippen LogP contribution is -2.34. The van der Waals surface area contributed by atoms with Crippen LogP contribution < -0.4 is 0 Å². The van der Waals surface area contributed by atoms with Gasteiger partial charge in [0.15, 0.2) is 0 Å². The zero-order chi connectivity index (χ0) is 12.8. The molecule has 0 atom stereocenters. The van der Waals surface area contributed by atoms with E-state index in [1.54, 1.807) is 21.5 Å². The van der Waals surface area contributed by atoms with Crippen LogP contribution in [0.2, 0.25) is 13.1 Å². The van der Waals surface area contributed by atoms with Gasteiger partial charge in [-0.05, 0) is 63.8 Å². The molecule has 90 valence electrons. The van der Waals surface area contributed by atoms with Gasteiger partial charge in [-0.15, -0.1) is 0 Å². The normalized spacial score (nSPS) is 21.3. The Morgan fingerprint density at radius 2 is 1.12 bits per heavy atom. The minimum atomic E-state index is -1.53. The van der Waals surface area contributed by atoms with Crippen LogP contribution in [-0.4, -0.2) is 8.07 Å². The van der Waals surface area contributed by atoms with Gasteiger partial charge in [0.2, 0.25) is 0 Å². The molecule has 0 saturated heterocycles. The highest BCUT2D eigenvalue weighted by molar-refractivity contribution is 6.92. The molecule has 0 spiro atoms. The molecule has 2 radical (unpaired) electrons. The fourth-order valence-corrected chi connectivity index (χ4v) is 8.27. The van der Waals surface area contributed by atoms with Gasteiger partial charge in [0.1, 0.15) is 8.07 Å². The van der Waals surface area contributed by atoms with Crippen LogP contribution >= 0.6 is 0 Å². The summed E-state index contributed by atoms with van der Waals surface area (Å²) >= 11 is 0. The smallest absolute Gasteiger partial charge is 0.0690 e. The van der Waals surface area contributed by atoms with E-state index in [0.29, 0.717) is 0 Å². The van der Waals surface area contributed by atoms with Crippen molar-refractivity contribution in [3.63, 3.8) is 0 Å². The minimum absolute atomic E-state index is 1.04. The molecule has 2 aliphatic rings. The first-order valence-electron chi connectivity index (χ1n) is 6.41. The lowest BCUT2D eigenvalue weighted by Gasteiger charge is -2.30. The molecule has 0 aliphatic heterocycles. The molecule has 0 amide bonds. The molecule has 0 aromatic carbocycles. The largest absolute Gasteiger partial charge is 0.112 e. The van der Waals surface area contributed by atoms with Gasteiger partial charge < -0.3 is 0 Å². The first-order valence-corrected chi connectivity index (χ1v) is 9.41. The summed E-state index contributed by atoms with van der Waals surface area (Å²) in [6.45, 7) is 14.0. The third kappa shape index (κ3) is 1.91. The topological polar surface area (TPSA) is 0 Å². The first-order chi connectivity index (χ1) is 7.85. The molecule has 1 heteroatoms. The highest BCUT2D eigenvalue weighted by Crippen LogP contribution is 2.42. The molecule has 0 bridgehead atoms. The van der Waals surface area contributed by atoms with Gasteiger partial charge in [0, 0.05) is 0 Å². The van der Waals surface area contributed by atoms with Gasteiger partial charge in [0.25, 0.3) is 0 Å². The number of allylic oxidation sites excluding steroid dienone is 8. The summed E-state index contributed by atoms with van der Waals surface area (Å²) in [7, 11) is -1.53. The van der Waals surface area contributed by atoms with Crippen LogP contribution in [0.15, 0.2) is 32.7 Å². The van der Waals surface area contributed by atoms with E-state index in [4.69, 9.17) is 0 Å². The van der Waals surface area contributed by atoms with E-state index in [2.05, 4.69) is 52.9 Å². The van der Waals surface area contributed by atoms with Crippen molar-refractivity contribution in [2.24, 2.45) is 0 Å². The van der Waals surface area contributed by atoms with E-state index in [0.717, 1.165) is 12.8 Å². The van der Waals surface area contributed by atoms with E-state index in [-0.39, 0.29) is 0 Å². The molecule has 0 unspecified atom stereocenters. The Hall–Kier alpha value is -0.823. The van der Waals surface area contributed by atoms with Crippen molar-refractivity contribution in [1.29, 1.82) is 0 Å². The first kappa shape index (κ1) is 12.6. The van der Waals surface area contributed by atoms with Crippen molar-refractivity contribution in [2.45, 2.75) is 53.6 Å². The van der Waals surface area contributed by atoms with E-state index in [1.165, 1.54) is 11.1 Å². The number of rotatable bonds is 2. The van der Waals surface area contributed by atoms with Gasteiger partial charge in [-0.25, -0.2) is 0 Å². The maximum Gasteiger partial charge on any atom is 0.112 e. The lowest BCUT2D eigenvalue weighted by atomic mass is 10.2. The molecular weight excluding hydrogens is 220 g/mol. The van der Waals surface area contributed by atoms with Crippen molar-refractivity contribution >= 4 is 8.07 Å². The fraction of sp³-hybridized carbons (Fsp3) is 0.500. The Bertz CT molecular complexity index is 438. The Kier molecular flexibility index (Phi) is 3.07. The number of hydrogen-bond acceptors (Lipinski definition) is 0. The van der Waals surface area contributed by atoms with Crippen LogP contribution in [0.3, 0.4) is 0 Å². The van der Waals surface area contributed by atoms with Crippen LogP contribution in [0.1, 0.15) is 40.5 Å². The molecule has 0 aromatic rings. The van der Waals surface area contributed by atoms with Crippen LogP contribution in [0.4, 0.5) is 0 Å². The molecular formula is C16H22Si. The molecule has 2 rings (SSSR count). The lowest BCUT2D eigenvalue weighted by molar-refractivity contribution is 1.21. The van der Waals surface area contributed by atoms with Gasteiger partial charge in [-0.2, -0.15) is 0 Å². The summed E-state index contributed by atoms with van der Waals surface area (Å²) in [6.07, 6.45) is 9.08. The summed E-state index contributed by atoms with van der Waals surface area (Å²) < 4.78 is 0. The zero-order valence-electron chi connectivity index (χ0n) is 11.9. The molecule has 0 nitrogen and oxygen atoms in total. The van der Waals surface area contributed by atoms with Gasteiger partial charge in [0.05, 0.1) is 0 Å². The molecule has 0 N–H and O–H groups in total. The Labute approximate surface area is 107 Å². The summed E-state index contributed by atoms with van der Waals surface area (Å²) in [5.41, 5.74) is 5.89.